The van der Waals surface area contributed by atoms with Crippen LogP contribution in [0.2, 0.25) is 0 Å². The topological polar surface area (TPSA) is 93.8 Å². The molecule has 0 aliphatic heterocycles. The number of rotatable bonds is 7. The van der Waals surface area contributed by atoms with Gasteiger partial charge in [0.15, 0.2) is 6.10 Å². The average Bonchev–Trinajstić information content (AvgIpc) is 2.62. The second-order valence-electron chi connectivity index (χ2n) is 5.34. The van der Waals surface area contributed by atoms with Crippen molar-refractivity contribution in [2.45, 2.75) is 26.4 Å². The zero-order valence-corrected chi connectivity index (χ0v) is 14.0. The van der Waals surface area contributed by atoms with Crippen molar-refractivity contribution in [2.24, 2.45) is 5.10 Å². The van der Waals surface area contributed by atoms with Crippen LogP contribution in [0, 0.1) is 10.1 Å². The lowest BCUT2D eigenvalue weighted by Gasteiger charge is -2.13. The van der Waals surface area contributed by atoms with Gasteiger partial charge in [0.05, 0.1) is 11.1 Å². The molecule has 0 saturated heterocycles. The smallest absolute Gasteiger partial charge is 0.280 e. The SMILES string of the molecule is CCc1ccc(OC(C)C(=O)NN=Cc2cccc([N+](=O)[O-])c2)cc1. The van der Waals surface area contributed by atoms with E-state index >= 15 is 0 Å². The quantitative estimate of drug-likeness (QED) is 0.476. The van der Waals surface area contributed by atoms with E-state index in [9.17, 15) is 14.9 Å². The second-order valence-corrected chi connectivity index (χ2v) is 5.34. The van der Waals surface area contributed by atoms with Crippen LogP contribution >= 0.6 is 0 Å². The predicted molar refractivity (Wildman–Crippen MR) is 94.7 cm³/mol. The van der Waals surface area contributed by atoms with E-state index in [4.69, 9.17) is 4.74 Å². The molecule has 0 aliphatic carbocycles. The second kappa shape index (κ2) is 8.58. The van der Waals surface area contributed by atoms with Gasteiger partial charge in [-0.15, -0.1) is 0 Å². The highest BCUT2D eigenvalue weighted by atomic mass is 16.6. The summed E-state index contributed by atoms with van der Waals surface area (Å²) in [5.74, 6) is 0.184. The molecule has 1 N–H and O–H groups in total. The lowest BCUT2D eigenvalue weighted by atomic mass is 10.2. The normalized spacial score (nSPS) is 11.9. The summed E-state index contributed by atoms with van der Waals surface area (Å²) in [6.45, 7) is 3.68. The van der Waals surface area contributed by atoms with Crippen LogP contribution in [0.5, 0.6) is 5.75 Å². The number of hydrogen-bond acceptors (Lipinski definition) is 5. The Morgan fingerprint density at radius 1 is 1.32 bits per heavy atom. The number of ether oxygens (including phenoxy) is 1. The Balaban J connectivity index is 1.90. The fourth-order valence-corrected chi connectivity index (χ4v) is 2.04. The van der Waals surface area contributed by atoms with Crippen molar-refractivity contribution < 1.29 is 14.5 Å². The van der Waals surface area contributed by atoms with E-state index < -0.39 is 16.9 Å². The van der Waals surface area contributed by atoms with Gasteiger partial charge in [-0.1, -0.05) is 31.2 Å². The number of carbonyl (C=O) groups excluding carboxylic acids is 1. The Bertz CT molecular complexity index is 772. The zero-order chi connectivity index (χ0) is 18.2. The van der Waals surface area contributed by atoms with Gasteiger partial charge in [0.25, 0.3) is 11.6 Å². The van der Waals surface area contributed by atoms with Crippen LogP contribution in [0.15, 0.2) is 53.6 Å². The van der Waals surface area contributed by atoms with Crippen molar-refractivity contribution in [1.29, 1.82) is 0 Å². The van der Waals surface area contributed by atoms with Crippen LogP contribution in [0.4, 0.5) is 5.69 Å². The number of aryl methyl sites for hydroxylation is 1. The maximum Gasteiger partial charge on any atom is 0.280 e. The lowest BCUT2D eigenvalue weighted by Crippen LogP contribution is -2.33. The summed E-state index contributed by atoms with van der Waals surface area (Å²) in [5, 5.41) is 14.5. The largest absolute Gasteiger partial charge is 0.481 e. The number of nitrogens with one attached hydrogen (secondary N) is 1. The molecule has 0 fully saturated rings. The fourth-order valence-electron chi connectivity index (χ4n) is 2.04. The molecule has 0 spiro atoms. The lowest BCUT2D eigenvalue weighted by molar-refractivity contribution is -0.384. The highest BCUT2D eigenvalue weighted by Crippen LogP contribution is 2.14. The first-order chi connectivity index (χ1) is 12.0. The number of non-ortho nitro benzene ring substituents is 1. The Morgan fingerprint density at radius 3 is 2.68 bits per heavy atom. The Labute approximate surface area is 145 Å². The highest BCUT2D eigenvalue weighted by Gasteiger charge is 2.13. The standard InChI is InChI=1S/C18H19N3O4/c1-3-14-7-9-17(10-8-14)25-13(2)18(22)20-19-12-15-5-4-6-16(11-15)21(23)24/h4-13H,3H2,1-2H3,(H,20,22). The first-order valence-electron chi connectivity index (χ1n) is 7.82. The number of hydrazone groups is 1. The van der Waals surface area contributed by atoms with Crippen LogP contribution in [0.1, 0.15) is 25.0 Å². The third-order valence-corrected chi connectivity index (χ3v) is 3.48. The number of amides is 1. The number of nitrogens with zero attached hydrogens (tertiary/aromatic N) is 2. The summed E-state index contributed by atoms with van der Waals surface area (Å²) < 4.78 is 5.55. The van der Waals surface area contributed by atoms with Crippen molar-refractivity contribution in [3.05, 3.63) is 69.8 Å². The summed E-state index contributed by atoms with van der Waals surface area (Å²) in [4.78, 5) is 22.2. The van der Waals surface area contributed by atoms with Gasteiger partial charge in [-0.25, -0.2) is 5.43 Å². The van der Waals surface area contributed by atoms with E-state index in [1.54, 1.807) is 19.1 Å². The van der Waals surface area contributed by atoms with Crippen molar-refractivity contribution >= 4 is 17.8 Å². The Kier molecular flexibility index (Phi) is 6.22. The molecule has 0 aliphatic rings. The fraction of sp³-hybridized carbons (Fsp3) is 0.222. The maximum atomic E-state index is 12.0. The summed E-state index contributed by atoms with van der Waals surface area (Å²) in [7, 11) is 0. The van der Waals surface area contributed by atoms with Crippen molar-refractivity contribution in [3.8, 4) is 5.75 Å². The Morgan fingerprint density at radius 2 is 2.04 bits per heavy atom. The summed E-state index contributed by atoms with van der Waals surface area (Å²) in [6.07, 6.45) is 1.55. The van der Waals surface area contributed by atoms with E-state index in [1.807, 2.05) is 24.3 Å². The average molecular weight is 341 g/mol. The first-order valence-corrected chi connectivity index (χ1v) is 7.82. The summed E-state index contributed by atoms with van der Waals surface area (Å²) >= 11 is 0. The molecule has 7 nitrogen and oxygen atoms in total. The molecule has 2 rings (SSSR count). The van der Waals surface area contributed by atoms with Gasteiger partial charge in [-0.2, -0.15) is 5.10 Å². The highest BCUT2D eigenvalue weighted by molar-refractivity contribution is 5.84. The molecule has 1 amide bonds. The van der Waals surface area contributed by atoms with Crippen LogP contribution in [-0.4, -0.2) is 23.1 Å². The minimum atomic E-state index is -0.727. The van der Waals surface area contributed by atoms with Crippen LogP contribution in [0.3, 0.4) is 0 Å². The van der Waals surface area contributed by atoms with Crippen LogP contribution in [-0.2, 0) is 11.2 Å². The molecule has 1 unspecified atom stereocenters. The molecule has 2 aromatic rings. The van der Waals surface area contributed by atoms with E-state index in [1.165, 1.54) is 23.9 Å². The van der Waals surface area contributed by atoms with Gasteiger partial charge >= 0.3 is 0 Å². The number of carbonyl (C=O) groups is 1. The van der Waals surface area contributed by atoms with E-state index in [0.717, 1.165) is 6.42 Å². The van der Waals surface area contributed by atoms with E-state index in [2.05, 4.69) is 17.5 Å². The first kappa shape index (κ1) is 18.1. The number of nitro groups is 1. The number of hydrogen-bond donors (Lipinski definition) is 1. The molecule has 25 heavy (non-hydrogen) atoms. The maximum absolute atomic E-state index is 12.0. The van der Waals surface area contributed by atoms with E-state index in [-0.39, 0.29) is 5.69 Å². The minimum Gasteiger partial charge on any atom is -0.481 e. The molecule has 0 heterocycles. The summed E-state index contributed by atoms with van der Waals surface area (Å²) in [5.41, 5.74) is 4.02. The third kappa shape index (κ3) is 5.42. The molecule has 0 bridgehead atoms. The van der Waals surface area contributed by atoms with Gasteiger partial charge in [0.1, 0.15) is 5.75 Å². The molecule has 0 saturated carbocycles. The van der Waals surface area contributed by atoms with Crippen molar-refractivity contribution in [2.75, 3.05) is 0 Å². The van der Waals surface area contributed by atoms with Crippen molar-refractivity contribution in [3.63, 3.8) is 0 Å². The molecule has 7 heteroatoms. The molecular weight excluding hydrogens is 322 g/mol. The zero-order valence-electron chi connectivity index (χ0n) is 14.0. The predicted octanol–water partition coefficient (Wildman–Crippen LogP) is 3.07. The van der Waals surface area contributed by atoms with Gasteiger partial charge in [0.2, 0.25) is 0 Å². The number of nitro benzene ring substituents is 1. The van der Waals surface area contributed by atoms with Crippen LogP contribution in [0.25, 0.3) is 0 Å². The molecular formula is C18H19N3O4. The van der Waals surface area contributed by atoms with E-state index in [0.29, 0.717) is 11.3 Å². The van der Waals surface area contributed by atoms with Crippen LogP contribution < -0.4 is 10.2 Å². The number of benzene rings is 2. The molecule has 130 valence electrons. The minimum absolute atomic E-state index is 0.0393. The Hall–Kier alpha value is -3.22. The van der Waals surface area contributed by atoms with Gasteiger partial charge < -0.3 is 4.74 Å². The summed E-state index contributed by atoms with van der Waals surface area (Å²) in [6, 6.07) is 13.5. The third-order valence-electron chi connectivity index (χ3n) is 3.48. The molecule has 2 aromatic carbocycles. The van der Waals surface area contributed by atoms with Crippen molar-refractivity contribution in [1.82, 2.24) is 5.43 Å². The molecule has 0 aromatic heterocycles. The van der Waals surface area contributed by atoms with Gasteiger partial charge in [-0.05, 0) is 31.0 Å². The molecule has 1 atom stereocenters. The monoisotopic (exact) mass is 341 g/mol. The van der Waals surface area contributed by atoms with Gasteiger partial charge in [0, 0.05) is 17.7 Å². The molecule has 0 radical (unpaired) electrons. The van der Waals surface area contributed by atoms with Gasteiger partial charge in [-0.3, -0.25) is 14.9 Å².